The van der Waals surface area contributed by atoms with Crippen molar-refractivity contribution in [2.45, 2.75) is 18.4 Å². The van der Waals surface area contributed by atoms with Gasteiger partial charge in [0.05, 0.1) is 23.8 Å². The van der Waals surface area contributed by atoms with Crippen LogP contribution in [0.5, 0.6) is 0 Å². The molecule has 0 spiro atoms. The molecule has 3 rings (SSSR count). The lowest BCUT2D eigenvalue weighted by molar-refractivity contribution is -0.116. The first-order valence-electron chi connectivity index (χ1n) is 8.27. The molecule has 0 saturated carbocycles. The zero-order valence-corrected chi connectivity index (χ0v) is 15.2. The molecule has 0 saturated heterocycles. The second kappa shape index (κ2) is 8.45. The summed E-state index contributed by atoms with van der Waals surface area (Å²) in [5.74, 6) is 0.890. The minimum atomic E-state index is -0.0446. The van der Waals surface area contributed by atoms with E-state index >= 15 is 0 Å². The number of aromatic nitrogens is 2. The van der Waals surface area contributed by atoms with E-state index in [1.54, 1.807) is 4.90 Å². The molecule has 1 aromatic heterocycles. The minimum Gasteiger partial charge on any atom is -0.311 e. The first-order chi connectivity index (χ1) is 12.7. The van der Waals surface area contributed by atoms with Gasteiger partial charge in [0.1, 0.15) is 10.9 Å². The molecule has 0 bridgehead atoms. The molecule has 6 heteroatoms. The topological polar surface area (TPSA) is 69.9 Å². The number of amides is 1. The summed E-state index contributed by atoms with van der Waals surface area (Å²) in [5.41, 5.74) is 1.68. The molecule has 0 fully saturated rings. The second-order valence-electron chi connectivity index (χ2n) is 5.67. The molecule has 0 aliphatic carbocycles. The van der Waals surface area contributed by atoms with Crippen molar-refractivity contribution >= 4 is 34.3 Å². The highest BCUT2D eigenvalue weighted by atomic mass is 32.2. The van der Waals surface area contributed by atoms with Crippen LogP contribution in [0.2, 0.25) is 0 Å². The molecule has 0 atom stereocenters. The molecule has 130 valence electrons. The summed E-state index contributed by atoms with van der Waals surface area (Å²) in [6.45, 7) is 2.23. The molecule has 1 heterocycles. The number of carbonyl (C=O) groups excluding carboxylic acids is 1. The Morgan fingerprint density at radius 1 is 1.12 bits per heavy atom. The Labute approximate surface area is 156 Å². The van der Waals surface area contributed by atoms with Crippen LogP contribution in [-0.2, 0) is 4.79 Å². The number of thioether (sulfide) groups is 1. The summed E-state index contributed by atoms with van der Waals surface area (Å²) in [6, 6.07) is 19.3. The van der Waals surface area contributed by atoms with Gasteiger partial charge >= 0.3 is 0 Å². The summed E-state index contributed by atoms with van der Waals surface area (Å²) >= 11 is 1.40. The number of nitriles is 1. The van der Waals surface area contributed by atoms with Crippen molar-refractivity contribution in [3.63, 3.8) is 0 Å². The molecule has 5 nitrogen and oxygen atoms in total. The van der Waals surface area contributed by atoms with E-state index in [4.69, 9.17) is 5.26 Å². The van der Waals surface area contributed by atoms with Crippen molar-refractivity contribution < 1.29 is 4.79 Å². The maximum atomic E-state index is 12.8. The van der Waals surface area contributed by atoms with Crippen LogP contribution >= 0.6 is 11.8 Å². The first-order valence-corrected chi connectivity index (χ1v) is 9.26. The highest BCUT2D eigenvalue weighted by molar-refractivity contribution is 8.00. The fourth-order valence-electron chi connectivity index (χ4n) is 2.64. The van der Waals surface area contributed by atoms with Gasteiger partial charge in [-0.1, -0.05) is 48.2 Å². The predicted molar refractivity (Wildman–Crippen MR) is 104 cm³/mol. The van der Waals surface area contributed by atoms with Gasteiger partial charge in [0.25, 0.3) is 0 Å². The molecule has 0 aliphatic rings. The van der Waals surface area contributed by atoms with E-state index in [9.17, 15) is 4.79 Å². The zero-order valence-electron chi connectivity index (χ0n) is 14.4. The van der Waals surface area contributed by atoms with Crippen LogP contribution in [0.4, 0.5) is 5.69 Å². The standard InChI is InChI=1S/C20H18N4OS/c1-15-22-18-11-6-5-10-17(18)20(23-15)26-14-19(25)24(13-7-12-21)16-8-3-2-4-9-16/h2-6,8-11H,7,13-14H2,1H3. The van der Waals surface area contributed by atoms with E-state index < -0.39 is 0 Å². The Kier molecular flexibility index (Phi) is 5.82. The molecular formula is C20H18N4OS. The molecule has 0 unspecified atom stereocenters. The molecule has 0 aliphatic heterocycles. The molecule has 0 radical (unpaired) electrons. The summed E-state index contributed by atoms with van der Waals surface area (Å²) in [6.07, 6.45) is 0.293. The van der Waals surface area contributed by atoms with E-state index in [0.29, 0.717) is 18.8 Å². The fraction of sp³-hybridized carbons (Fsp3) is 0.200. The number of rotatable bonds is 6. The van der Waals surface area contributed by atoms with Crippen LogP contribution in [-0.4, -0.2) is 28.2 Å². The average Bonchev–Trinajstić information content (AvgIpc) is 2.67. The third-order valence-corrected chi connectivity index (χ3v) is 4.80. The Balaban J connectivity index is 1.79. The van der Waals surface area contributed by atoms with Crippen molar-refractivity contribution in [3.05, 3.63) is 60.4 Å². The number of aryl methyl sites for hydroxylation is 1. The third-order valence-electron chi connectivity index (χ3n) is 3.83. The van der Waals surface area contributed by atoms with E-state index in [1.807, 2.05) is 61.5 Å². The van der Waals surface area contributed by atoms with E-state index in [0.717, 1.165) is 21.6 Å². The molecule has 1 amide bonds. The number of carbonyl (C=O) groups is 1. The van der Waals surface area contributed by atoms with E-state index in [1.165, 1.54) is 11.8 Å². The van der Waals surface area contributed by atoms with Crippen molar-refractivity contribution in [1.29, 1.82) is 5.26 Å². The normalized spacial score (nSPS) is 10.5. The Morgan fingerprint density at radius 3 is 2.62 bits per heavy atom. The minimum absolute atomic E-state index is 0.0446. The van der Waals surface area contributed by atoms with Crippen LogP contribution in [0.3, 0.4) is 0 Å². The van der Waals surface area contributed by atoms with Crippen LogP contribution in [0.25, 0.3) is 10.9 Å². The number of anilines is 1. The number of hydrogen-bond donors (Lipinski definition) is 0. The maximum absolute atomic E-state index is 12.8. The lowest BCUT2D eigenvalue weighted by Gasteiger charge is -2.21. The van der Waals surface area contributed by atoms with Crippen molar-refractivity contribution in [3.8, 4) is 6.07 Å². The van der Waals surface area contributed by atoms with Gasteiger partial charge in [-0.25, -0.2) is 9.97 Å². The van der Waals surface area contributed by atoms with Crippen molar-refractivity contribution in [2.75, 3.05) is 17.2 Å². The largest absolute Gasteiger partial charge is 0.311 e. The number of para-hydroxylation sites is 2. The summed E-state index contributed by atoms with van der Waals surface area (Å²) in [7, 11) is 0. The lowest BCUT2D eigenvalue weighted by Crippen LogP contribution is -2.33. The van der Waals surface area contributed by atoms with E-state index in [2.05, 4.69) is 16.0 Å². The van der Waals surface area contributed by atoms with E-state index in [-0.39, 0.29) is 11.7 Å². The lowest BCUT2D eigenvalue weighted by atomic mass is 10.2. The summed E-state index contributed by atoms with van der Waals surface area (Å²) in [4.78, 5) is 23.4. The van der Waals surface area contributed by atoms with Crippen LogP contribution in [0.1, 0.15) is 12.2 Å². The molecule has 0 N–H and O–H groups in total. The summed E-state index contributed by atoms with van der Waals surface area (Å²) in [5, 5.41) is 10.6. The number of benzene rings is 2. The Bertz CT molecular complexity index is 953. The predicted octanol–water partition coefficient (Wildman–Crippen LogP) is 3.98. The number of nitrogens with zero attached hydrogens (tertiary/aromatic N) is 4. The third kappa shape index (κ3) is 4.19. The van der Waals surface area contributed by atoms with Gasteiger partial charge in [0.2, 0.25) is 5.91 Å². The number of hydrogen-bond acceptors (Lipinski definition) is 5. The van der Waals surface area contributed by atoms with Gasteiger partial charge in [0, 0.05) is 17.6 Å². The highest BCUT2D eigenvalue weighted by Crippen LogP contribution is 2.26. The maximum Gasteiger partial charge on any atom is 0.237 e. The molecule has 2 aromatic carbocycles. The zero-order chi connectivity index (χ0) is 18.4. The van der Waals surface area contributed by atoms with Gasteiger partial charge in [0.15, 0.2) is 0 Å². The molecule has 26 heavy (non-hydrogen) atoms. The first kappa shape index (κ1) is 17.9. The smallest absolute Gasteiger partial charge is 0.237 e. The Morgan fingerprint density at radius 2 is 1.85 bits per heavy atom. The average molecular weight is 362 g/mol. The second-order valence-corrected chi connectivity index (χ2v) is 6.63. The molecule has 3 aromatic rings. The van der Waals surface area contributed by atoms with Gasteiger partial charge in [-0.3, -0.25) is 4.79 Å². The van der Waals surface area contributed by atoms with Gasteiger partial charge in [-0.05, 0) is 25.1 Å². The van der Waals surface area contributed by atoms with Crippen LogP contribution in [0, 0.1) is 18.3 Å². The van der Waals surface area contributed by atoms with Crippen LogP contribution < -0.4 is 4.90 Å². The summed E-state index contributed by atoms with van der Waals surface area (Å²) < 4.78 is 0. The fourth-order valence-corrected chi connectivity index (χ4v) is 3.58. The van der Waals surface area contributed by atoms with Crippen molar-refractivity contribution in [1.82, 2.24) is 9.97 Å². The SMILES string of the molecule is Cc1nc(SCC(=O)N(CCC#N)c2ccccc2)c2ccccc2n1. The van der Waals surface area contributed by atoms with Gasteiger partial charge < -0.3 is 4.90 Å². The molecular weight excluding hydrogens is 344 g/mol. The highest BCUT2D eigenvalue weighted by Gasteiger charge is 2.17. The number of fused-ring (bicyclic) bond motifs is 1. The quantitative estimate of drug-likeness (QED) is 0.490. The van der Waals surface area contributed by atoms with Gasteiger partial charge in [-0.2, -0.15) is 5.26 Å². The van der Waals surface area contributed by atoms with Crippen molar-refractivity contribution in [2.24, 2.45) is 0 Å². The Hall–Kier alpha value is -2.91. The van der Waals surface area contributed by atoms with Gasteiger partial charge in [-0.15, -0.1) is 0 Å². The van der Waals surface area contributed by atoms with Crippen LogP contribution in [0.15, 0.2) is 59.6 Å². The monoisotopic (exact) mass is 362 g/mol.